The predicted molar refractivity (Wildman–Crippen MR) is 89.5 cm³/mol. The summed E-state index contributed by atoms with van der Waals surface area (Å²) < 4.78 is 19.1. The Bertz CT molecular complexity index is 732. The van der Waals surface area contributed by atoms with Crippen LogP contribution in [0.15, 0.2) is 36.4 Å². The van der Waals surface area contributed by atoms with Gasteiger partial charge in [0.25, 0.3) is 5.91 Å². The number of halogens is 1. The highest BCUT2D eigenvalue weighted by Crippen LogP contribution is 2.20. The number of hydrogen-bond acceptors (Lipinski definition) is 5. The van der Waals surface area contributed by atoms with Crippen LogP contribution in [0.2, 0.25) is 0 Å². The van der Waals surface area contributed by atoms with Gasteiger partial charge in [0.2, 0.25) is 0 Å². The van der Waals surface area contributed by atoms with Gasteiger partial charge in [0, 0.05) is 13.1 Å². The molecular weight excluding hydrogens is 311 g/mol. The summed E-state index contributed by atoms with van der Waals surface area (Å²) in [5, 5.41) is 3.04. The number of morpholine rings is 1. The van der Waals surface area contributed by atoms with Crippen molar-refractivity contribution < 1.29 is 13.9 Å². The Kier molecular flexibility index (Phi) is 4.90. The van der Waals surface area contributed by atoms with Crippen LogP contribution >= 0.6 is 0 Å². The first kappa shape index (κ1) is 16.2. The molecule has 1 aliphatic heterocycles. The maximum Gasteiger partial charge on any atom is 0.253 e. The number of carbonyl (C=O) groups is 1. The zero-order chi connectivity index (χ0) is 16.9. The number of nitrogens with two attached hydrogens (primary N) is 1. The van der Waals surface area contributed by atoms with Gasteiger partial charge in [-0.15, -0.1) is 0 Å². The predicted octanol–water partition coefficient (Wildman–Crippen LogP) is 1.77. The number of primary amides is 1. The Morgan fingerprint density at radius 2 is 2.00 bits per heavy atom. The molecule has 24 heavy (non-hydrogen) atoms. The lowest BCUT2D eigenvalue weighted by Crippen LogP contribution is -2.36. The number of pyridine rings is 1. The molecule has 1 aromatic heterocycles. The first-order chi connectivity index (χ1) is 11.6. The fourth-order valence-corrected chi connectivity index (χ4v) is 2.64. The largest absolute Gasteiger partial charge is 0.379 e. The highest BCUT2D eigenvalue weighted by Gasteiger charge is 2.15. The molecule has 0 radical (unpaired) electrons. The standard InChI is InChI=1S/C17H19FN4O2/c18-13-4-2-5-14(16(13)17(19)23)20-11-12-3-1-6-15(21-12)22-7-9-24-10-8-22/h1-6,20H,7-11H2,(H2,19,23). The smallest absolute Gasteiger partial charge is 0.253 e. The summed E-state index contributed by atoms with van der Waals surface area (Å²) in [7, 11) is 0. The fourth-order valence-electron chi connectivity index (χ4n) is 2.64. The molecule has 6 nitrogen and oxygen atoms in total. The van der Waals surface area contributed by atoms with Gasteiger partial charge in [0.05, 0.1) is 36.7 Å². The summed E-state index contributed by atoms with van der Waals surface area (Å²) in [6, 6.07) is 10.1. The van der Waals surface area contributed by atoms with Crippen molar-refractivity contribution in [3.8, 4) is 0 Å². The molecule has 1 amide bonds. The molecule has 0 bridgehead atoms. The molecule has 1 aliphatic rings. The molecule has 7 heteroatoms. The lowest BCUT2D eigenvalue weighted by atomic mass is 10.1. The summed E-state index contributed by atoms with van der Waals surface area (Å²) in [5.74, 6) is -0.555. The molecule has 3 N–H and O–H groups in total. The molecule has 1 saturated heterocycles. The van der Waals surface area contributed by atoms with Crippen LogP contribution in [0.3, 0.4) is 0 Å². The molecule has 0 aliphatic carbocycles. The van der Waals surface area contributed by atoms with Gasteiger partial charge >= 0.3 is 0 Å². The van der Waals surface area contributed by atoms with Crippen molar-refractivity contribution in [1.82, 2.24) is 4.98 Å². The normalized spacial score (nSPS) is 14.5. The number of ether oxygens (including phenoxy) is 1. The quantitative estimate of drug-likeness (QED) is 0.873. The first-order valence-corrected chi connectivity index (χ1v) is 7.76. The molecule has 0 unspecified atom stereocenters. The number of rotatable bonds is 5. The van der Waals surface area contributed by atoms with Crippen LogP contribution in [-0.4, -0.2) is 37.2 Å². The number of benzene rings is 1. The minimum Gasteiger partial charge on any atom is -0.379 e. The minimum absolute atomic E-state index is 0.137. The maximum atomic E-state index is 13.8. The molecule has 3 rings (SSSR count). The van der Waals surface area contributed by atoms with Crippen LogP contribution in [0, 0.1) is 5.82 Å². The number of amides is 1. The summed E-state index contributed by atoms with van der Waals surface area (Å²) >= 11 is 0. The Morgan fingerprint density at radius 1 is 1.25 bits per heavy atom. The molecule has 1 fully saturated rings. The van der Waals surface area contributed by atoms with Gasteiger partial charge in [-0.2, -0.15) is 0 Å². The van der Waals surface area contributed by atoms with Crippen LogP contribution in [0.1, 0.15) is 16.1 Å². The molecular formula is C17H19FN4O2. The molecule has 0 saturated carbocycles. The van der Waals surface area contributed by atoms with E-state index in [1.807, 2.05) is 18.2 Å². The summed E-state index contributed by atoms with van der Waals surface area (Å²) in [4.78, 5) is 18.2. The number of hydrogen-bond donors (Lipinski definition) is 2. The summed E-state index contributed by atoms with van der Waals surface area (Å²) in [5.41, 5.74) is 6.27. The van der Waals surface area contributed by atoms with Crippen LogP contribution in [0.4, 0.5) is 15.9 Å². The van der Waals surface area contributed by atoms with Crippen molar-refractivity contribution in [1.29, 1.82) is 0 Å². The minimum atomic E-state index is -0.800. The lowest BCUT2D eigenvalue weighted by Gasteiger charge is -2.28. The van der Waals surface area contributed by atoms with Crippen molar-refractivity contribution >= 4 is 17.4 Å². The van der Waals surface area contributed by atoms with Crippen LogP contribution < -0.4 is 16.0 Å². The third-order valence-corrected chi connectivity index (χ3v) is 3.85. The number of aromatic nitrogens is 1. The molecule has 0 spiro atoms. The SMILES string of the molecule is NC(=O)c1c(F)cccc1NCc1cccc(N2CCOCC2)n1. The maximum absolute atomic E-state index is 13.8. The average molecular weight is 330 g/mol. The molecule has 0 atom stereocenters. The van der Waals surface area contributed by atoms with E-state index in [0.29, 0.717) is 25.4 Å². The van der Waals surface area contributed by atoms with Gasteiger partial charge in [-0.1, -0.05) is 12.1 Å². The van der Waals surface area contributed by atoms with E-state index in [9.17, 15) is 9.18 Å². The van der Waals surface area contributed by atoms with Crippen LogP contribution in [-0.2, 0) is 11.3 Å². The van der Waals surface area contributed by atoms with Gasteiger partial charge in [-0.3, -0.25) is 4.79 Å². The van der Waals surface area contributed by atoms with Gasteiger partial charge in [-0.05, 0) is 24.3 Å². The Balaban J connectivity index is 1.73. The molecule has 1 aromatic carbocycles. The van der Waals surface area contributed by atoms with E-state index in [2.05, 4.69) is 15.2 Å². The number of carbonyl (C=O) groups excluding carboxylic acids is 1. The average Bonchev–Trinajstić information content (AvgIpc) is 2.60. The zero-order valence-corrected chi connectivity index (χ0v) is 13.2. The van der Waals surface area contributed by atoms with Crippen LogP contribution in [0.5, 0.6) is 0 Å². The van der Waals surface area contributed by atoms with Crippen molar-refractivity contribution in [2.45, 2.75) is 6.54 Å². The van der Waals surface area contributed by atoms with Crippen molar-refractivity contribution in [2.24, 2.45) is 5.73 Å². The van der Waals surface area contributed by atoms with Gasteiger partial charge < -0.3 is 20.7 Å². The van der Waals surface area contributed by atoms with Gasteiger partial charge in [0.1, 0.15) is 11.6 Å². The van der Waals surface area contributed by atoms with Crippen molar-refractivity contribution in [3.63, 3.8) is 0 Å². The second kappa shape index (κ2) is 7.27. The van der Waals surface area contributed by atoms with E-state index in [1.165, 1.54) is 12.1 Å². The Labute approximate surface area is 139 Å². The van der Waals surface area contributed by atoms with Crippen molar-refractivity contribution in [3.05, 3.63) is 53.5 Å². The van der Waals surface area contributed by atoms with Gasteiger partial charge in [0.15, 0.2) is 0 Å². The van der Waals surface area contributed by atoms with Crippen LogP contribution in [0.25, 0.3) is 0 Å². The number of nitrogens with one attached hydrogen (secondary N) is 1. The molecule has 2 heterocycles. The third-order valence-electron chi connectivity index (χ3n) is 3.85. The first-order valence-electron chi connectivity index (χ1n) is 7.76. The molecule has 126 valence electrons. The second-order valence-corrected chi connectivity index (χ2v) is 5.47. The van der Waals surface area contributed by atoms with E-state index in [4.69, 9.17) is 10.5 Å². The van der Waals surface area contributed by atoms with Gasteiger partial charge in [-0.25, -0.2) is 9.37 Å². The fraction of sp³-hybridized carbons (Fsp3) is 0.294. The van der Waals surface area contributed by atoms with E-state index >= 15 is 0 Å². The topological polar surface area (TPSA) is 80.5 Å². The third kappa shape index (κ3) is 3.62. The highest BCUT2D eigenvalue weighted by atomic mass is 19.1. The summed E-state index contributed by atoms with van der Waals surface area (Å²) in [6.07, 6.45) is 0. The van der Waals surface area contributed by atoms with E-state index in [0.717, 1.165) is 24.6 Å². The number of anilines is 2. The summed E-state index contributed by atoms with van der Waals surface area (Å²) in [6.45, 7) is 3.35. The Hall–Kier alpha value is -2.67. The van der Waals surface area contributed by atoms with E-state index in [1.54, 1.807) is 6.07 Å². The zero-order valence-electron chi connectivity index (χ0n) is 13.2. The van der Waals surface area contributed by atoms with E-state index in [-0.39, 0.29) is 5.56 Å². The second-order valence-electron chi connectivity index (χ2n) is 5.47. The number of nitrogens with zero attached hydrogens (tertiary/aromatic N) is 2. The highest BCUT2D eigenvalue weighted by molar-refractivity contribution is 5.98. The van der Waals surface area contributed by atoms with Crippen molar-refractivity contribution in [2.75, 3.05) is 36.5 Å². The molecule has 2 aromatic rings. The van der Waals surface area contributed by atoms with E-state index < -0.39 is 11.7 Å². The Morgan fingerprint density at radius 3 is 2.75 bits per heavy atom. The monoisotopic (exact) mass is 330 g/mol. The lowest BCUT2D eigenvalue weighted by molar-refractivity contribution is 0.0997.